The molecule has 0 unspecified atom stereocenters. The number of esters is 1. The standard InChI is InChI=1S/C21H23ClN4O4S2/c22-13-5-4-6-14(11-13)32(28,29)24-10-9-18(27)30-12-17-25-20(23)19-15-7-2-1-3-8-16(15)31-21(19)26-17/h4-6,11,24H,1-3,7-10,12H2,(H2,23,25,26). The number of hydrogen-bond acceptors (Lipinski definition) is 8. The molecule has 0 saturated carbocycles. The summed E-state index contributed by atoms with van der Waals surface area (Å²) in [6, 6.07) is 5.88. The summed E-state index contributed by atoms with van der Waals surface area (Å²) >= 11 is 7.47. The van der Waals surface area contributed by atoms with Crippen LogP contribution in [-0.4, -0.2) is 30.9 Å². The SMILES string of the molecule is Nc1nc(COC(=O)CCNS(=O)(=O)c2cccc(Cl)c2)nc2sc3c(c12)CCCCC3. The maximum atomic E-state index is 12.3. The zero-order valence-electron chi connectivity index (χ0n) is 17.3. The molecule has 170 valence electrons. The van der Waals surface area contributed by atoms with Crippen LogP contribution in [0.15, 0.2) is 29.2 Å². The third-order valence-electron chi connectivity index (χ3n) is 5.23. The number of benzene rings is 1. The van der Waals surface area contributed by atoms with E-state index < -0.39 is 16.0 Å². The Kier molecular flexibility index (Phi) is 6.94. The van der Waals surface area contributed by atoms with Crippen molar-refractivity contribution >= 4 is 55.0 Å². The van der Waals surface area contributed by atoms with Crippen LogP contribution in [0.2, 0.25) is 5.02 Å². The first kappa shape index (κ1) is 22.9. The van der Waals surface area contributed by atoms with Crippen molar-refractivity contribution in [2.45, 2.75) is 50.0 Å². The maximum Gasteiger partial charge on any atom is 0.307 e. The fourth-order valence-electron chi connectivity index (χ4n) is 3.70. The van der Waals surface area contributed by atoms with Crippen LogP contribution in [0.5, 0.6) is 0 Å². The number of anilines is 1. The van der Waals surface area contributed by atoms with Gasteiger partial charge in [0.15, 0.2) is 12.4 Å². The number of aromatic nitrogens is 2. The van der Waals surface area contributed by atoms with Crippen molar-refractivity contribution in [3.63, 3.8) is 0 Å². The lowest BCUT2D eigenvalue weighted by Crippen LogP contribution is -2.26. The normalized spacial score (nSPS) is 14.2. The first-order chi connectivity index (χ1) is 15.3. The Morgan fingerprint density at radius 1 is 1.22 bits per heavy atom. The van der Waals surface area contributed by atoms with Crippen molar-refractivity contribution in [1.82, 2.24) is 14.7 Å². The van der Waals surface area contributed by atoms with Crippen molar-refractivity contribution in [2.75, 3.05) is 12.3 Å². The molecule has 0 radical (unpaired) electrons. The van der Waals surface area contributed by atoms with E-state index in [1.165, 1.54) is 35.4 Å². The van der Waals surface area contributed by atoms with Gasteiger partial charge in [0.25, 0.3) is 0 Å². The number of halogens is 1. The van der Waals surface area contributed by atoms with Gasteiger partial charge >= 0.3 is 5.97 Å². The van der Waals surface area contributed by atoms with Crippen LogP contribution in [-0.2, 0) is 39.0 Å². The zero-order chi connectivity index (χ0) is 22.7. The Labute approximate surface area is 195 Å². The Morgan fingerprint density at radius 2 is 2.03 bits per heavy atom. The molecule has 3 N–H and O–H groups in total. The molecule has 0 fully saturated rings. The molecule has 0 amide bonds. The van der Waals surface area contributed by atoms with E-state index >= 15 is 0 Å². The number of carbonyl (C=O) groups is 1. The van der Waals surface area contributed by atoms with Crippen LogP contribution in [0.3, 0.4) is 0 Å². The number of aryl methyl sites for hydroxylation is 2. The number of nitrogens with two attached hydrogens (primary N) is 1. The minimum Gasteiger partial charge on any atom is -0.457 e. The van der Waals surface area contributed by atoms with Crippen LogP contribution >= 0.6 is 22.9 Å². The molecule has 1 aliphatic rings. The summed E-state index contributed by atoms with van der Waals surface area (Å²) in [5, 5.41) is 1.24. The fourth-order valence-corrected chi connectivity index (χ4v) is 6.32. The second kappa shape index (κ2) is 9.70. The number of nitrogen functional groups attached to an aromatic ring is 1. The van der Waals surface area contributed by atoms with Crippen LogP contribution in [0, 0.1) is 0 Å². The predicted octanol–water partition coefficient (Wildman–Crippen LogP) is 3.61. The molecule has 8 nitrogen and oxygen atoms in total. The fraction of sp³-hybridized carbons (Fsp3) is 0.381. The summed E-state index contributed by atoms with van der Waals surface area (Å²) in [4.78, 5) is 23.1. The molecule has 0 aliphatic heterocycles. The summed E-state index contributed by atoms with van der Waals surface area (Å²) in [7, 11) is -3.76. The number of thiophene rings is 1. The monoisotopic (exact) mass is 494 g/mol. The average molecular weight is 495 g/mol. The van der Waals surface area contributed by atoms with E-state index in [2.05, 4.69) is 14.7 Å². The Balaban J connectivity index is 1.34. The lowest BCUT2D eigenvalue weighted by Gasteiger charge is -2.08. The van der Waals surface area contributed by atoms with Gasteiger partial charge in [-0.05, 0) is 49.4 Å². The van der Waals surface area contributed by atoms with E-state index in [0.29, 0.717) is 16.7 Å². The summed E-state index contributed by atoms with van der Waals surface area (Å²) < 4.78 is 32.1. The Morgan fingerprint density at radius 3 is 2.84 bits per heavy atom. The summed E-state index contributed by atoms with van der Waals surface area (Å²) in [5.74, 6) is 0.178. The molecule has 11 heteroatoms. The van der Waals surface area contributed by atoms with Gasteiger partial charge in [0.2, 0.25) is 10.0 Å². The molecule has 1 aliphatic carbocycles. The van der Waals surface area contributed by atoms with Crippen molar-refractivity contribution < 1.29 is 17.9 Å². The van der Waals surface area contributed by atoms with Gasteiger partial charge in [-0.1, -0.05) is 24.1 Å². The minimum atomic E-state index is -3.76. The zero-order valence-corrected chi connectivity index (χ0v) is 19.7. The van der Waals surface area contributed by atoms with Crippen molar-refractivity contribution in [3.05, 3.63) is 45.6 Å². The third kappa shape index (κ3) is 5.20. The summed E-state index contributed by atoms with van der Waals surface area (Å²) in [6.45, 7) is -0.226. The van der Waals surface area contributed by atoms with Crippen LogP contribution in [0.25, 0.3) is 10.2 Å². The minimum absolute atomic E-state index is 0.0323. The van der Waals surface area contributed by atoms with Gasteiger partial charge in [-0.15, -0.1) is 11.3 Å². The average Bonchev–Trinajstić information content (AvgIpc) is 2.94. The van der Waals surface area contributed by atoms with Gasteiger partial charge in [0.1, 0.15) is 10.6 Å². The molecule has 2 heterocycles. The first-order valence-corrected chi connectivity index (χ1v) is 13.0. The van der Waals surface area contributed by atoms with Gasteiger partial charge < -0.3 is 10.5 Å². The molecule has 0 saturated heterocycles. The van der Waals surface area contributed by atoms with E-state index in [1.54, 1.807) is 23.5 Å². The number of sulfonamides is 1. The van der Waals surface area contributed by atoms with E-state index in [4.69, 9.17) is 22.1 Å². The smallest absolute Gasteiger partial charge is 0.307 e. The number of fused-ring (bicyclic) bond motifs is 3. The predicted molar refractivity (Wildman–Crippen MR) is 124 cm³/mol. The van der Waals surface area contributed by atoms with Gasteiger partial charge in [-0.3, -0.25) is 4.79 Å². The highest BCUT2D eigenvalue weighted by atomic mass is 35.5. The van der Waals surface area contributed by atoms with Gasteiger partial charge in [-0.25, -0.2) is 23.1 Å². The molecule has 3 aromatic rings. The second-order valence-electron chi connectivity index (χ2n) is 7.54. The van der Waals surface area contributed by atoms with Gasteiger partial charge in [-0.2, -0.15) is 0 Å². The number of nitrogens with one attached hydrogen (secondary N) is 1. The van der Waals surface area contributed by atoms with E-state index in [1.807, 2.05) is 0 Å². The second-order valence-corrected chi connectivity index (χ2v) is 10.8. The lowest BCUT2D eigenvalue weighted by molar-refractivity contribution is -0.145. The van der Waals surface area contributed by atoms with Crippen molar-refractivity contribution in [1.29, 1.82) is 0 Å². The van der Waals surface area contributed by atoms with Crippen molar-refractivity contribution in [2.24, 2.45) is 0 Å². The van der Waals surface area contributed by atoms with Gasteiger partial charge in [0, 0.05) is 16.4 Å². The lowest BCUT2D eigenvalue weighted by atomic mass is 10.1. The third-order valence-corrected chi connectivity index (χ3v) is 8.11. The number of hydrogen-bond donors (Lipinski definition) is 2. The number of carbonyl (C=O) groups excluding carboxylic acids is 1. The highest BCUT2D eigenvalue weighted by Gasteiger charge is 2.20. The molecule has 0 spiro atoms. The van der Waals surface area contributed by atoms with Gasteiger partial charge in [0.05, 0.1) is 16.7 Å². The maximum absolute atomic E-state index is 12.3. The molecule has 2 aromatic heterocycles. The molecule has 0 bridgehead atoms. The molecule has 1 aromatic carbocycles. The summed E-state index contributed by atoms with van der Waals surface area (Å²) in [5.41, 5.74) is 7.47. The van der Waals surface area contributed by atoms with Crippen LogP contribution in [0.1, 0.15) is 41.9 Å². The quantitative estimate of drug-likeness (QED) is 0.379. The Hall–Kier alpha value is -2.27. The number of ether oxygens (including phenoxy) is 1. The van der Waals surface area contributed by atoms with Crippen LogP contribution in [0.4, 0.5) is 5.82 Å². The highest BCUT2D eigenvalue weighted by molar-refractivity contribution is 7.89. The largest absolute Gasteiger partial charge is 0.457 e. The molecular formula is C21H23ClN4O4S2. The van der Waals surface area contributed by atoms with E-state index in [0.717, 1.165) is 29.5 Å². The molecule has 4 rings (SSSR count). The first-order valence-electron chi connectivity index (χ1n) is 10.3. The topological polar surface area (TPSA) is 124 Å². The number of rotatable bonds is 7. The highest BCUT2D eigenvalue weighted by Crippen LogP contribution is 2.37. The molecule has 0 atom stereocenters. The number of nitrogens with zero attached hydrogens (tertiary/aromatic N) is 2. The Bertz CT molecular complexity index is 1260. The van der Waals surface area contributed by atoms with E-state index in [9.17, 15) is 13.2 Å². The van der Waals surface area contributed by atoms with Crippen molar-refractivity contribution in [3.8, 4) is 0 Å². The molecular weight excluding hydrogens is 472 g/mol. The van der Waals surface area contributed by atoms with E-state index in [-0.39, 0.29) is 24.5 Å². The molecule has 32 heavy (non-hydrogen) atoms. The summed E-state index contributed by atoms with van der Waals surface area (Å²) in [6.07, 6.45) is 5.41. The van der Waals surface area contributed by atoms with Crippen LogP contribution < -0.4 is 10.5 Å².